The Bertz CT molecular complexity index is 1910. The van der Waals surface area contributed by atoms with Crippen molar-refractivity contribution >= 4 is 28.4 Å². The number of carbonyl (C=O) groups is 2. The van der Waals surface area contributed by atoms with Crippen molar-refractivity contribution in [1.82, 2.24) is 29.3 Å². The smallest absolute Gasteiger partial charge is 0.275 e. The molecule has 1 unspecified atom stereocenters. The molecule has 2 N–H and O–H groups in total. The number of halogens is 1. The number of rotatable bonds is 8. The molecule has 3 aromatic heterocycles. The van der Waals surface area contributed by atoms with Gasteiger partial charge < -0.3 is 24.7 Å². The zero-order chi connectivity index (χ0) is 30.8. The number of likely N-dealkylation sites (N-methyl/N-ethyl adjacent to an activating group) is 1. The Morgan fingerprint density at radius 3 is 2.56 bits per heavy atom. The van der Waals surface area contributed by atoms with E-state index < -0.39 is 11.6 Å². The van der Waals surface area contributed by atoms with Crippen LogP contribution in [0, 0.1) is 12.7 Å². The largest absolute Gasteiger partial charge is 0.345 e. The molecule has 5 rings (SSSR count). The van der Waals surface area contributed by atoms with E-state index in [1.807, 2.05) is 10.6 Å². The van der Waals surface area contributed by atoms with Gasteiger partial charge in [-0.15, -0.1) is 0 Å². The summed E-state index contributed by atoms with van der Waals surface area (Å²) in [5, 5.41) is 6.31. The van der Waals surface area contributed by atoms with Crippen molar-refractivity contribution in [1.29, 1.82) is 0 Å². The Morgan fingerprint density at radius 1 is 1.02 bits per heavy atom. The van der Waals surface area contributed by atoms with Crippen molar-refractivity contribution in [2.24, 2.45) is 0 Å². The van der Waals surface area contributed by atoms with Crippen molar-refractivity contribution in [2.75, 3.05) is 26.5 Å². The lowest BCUT2D eigenvalue weighted by molar-refractivity contribution is -0.117. The van der Waals surface area contributed by atoms with Crippen LogP contribution in [0.1, 0.15) is 28.8 Å². The molecule has 0 spiro atoms. The zero-order valence-corrected chi connectivity index (χ0v) is 24.6. The maximum absolute atomic E-state index is 13.9. The highest BCUT2D eigenvalue weighted by molar-refractivity contribution is 5.95. The molecule has 0 radical (unpaired) electrons. The van der Waals surface area contributed by atoms with E-state index in [0.29, 0.717) is 34.2 Å². The molecule has 2 aromatic carbocycles. The van der Waals surface area contributed by atoms with Crippen LogP contribution in [0.3, 0.4) is 0 Å². The summed E-state index contributed by atoms with van der Waals surface area (Å²) in [6.07, 6.45) is 1.81. The Balaban J connectivity index is 1.62. The topological polar surface area (TPSA) is 114 Å². The third-order valence-corrected chi connectivity index (χ3v) is 7.17. The molecule has 0 bridgehead atoms. The lowest BCUT2D eigenvalue weighted by Gasteiger charge is -2.18. The number of hydrogen-bond donors (Lipinski definition) is 2. The Labute approximate surface area is 247 Å². The molecule has 11 heteroatoms. The molecule has 1 atom stereocenters. The van der Waals surface area contributed by atoms with Gasteiger partial charge in [-0.2, -0.15) is 0 Å². The first-order valence-electron chi connectivity index (χ1n) is 13.7. The van der Waals surface area contributed by atoms with Crippen LogP contribution in [0.25, 0.3) is 28.0 Å². The highest BCUT2D eigenvalue weighted by Gasteiger charge is 2.18. The third kappa shape index (κ3) is 6.07. The first-order valence-corrected chi connectivity index (χ1v) is 13.7. The summed E-state index contributed by atoms with van der Waals surface area (Å²) in [7, 11) is 5.01. The van der Waals surface area contributed by atoms with Gasteiger partial charge in [0.1, 0.15) is 23.1 Å². The fraction of sp³-hybridized carbons (Fsp3) is 0.219. The number of benzene rings is 2. The van der Waals surface area contributed by atoms with Gasteiger partial charge in [-0.1, -0.05) is 12.1 Å². The van der Waals surface area contributed by atoms with Gasteiger partial charge in [0.2, 0.25) is 5.91 Å². The normalized spacial score (nSPS) is 11.9. The quantitative estimate of drug-likeness (QED) is 0.287. The molecule has 220 valence electrons. The first-order chi connectivity index (χ1) is 20.5. The minimum Gasteiger partial charge on any atom is -0.345 e. The molecule has 0 aliphatic heterocycles. The maximum atomic E-state index is 13.9. The molecule has 0 saturated heterocycles. The van der Waals surface area contributed by atoms with Crippen LogP contribution in [-0.4, -0.2) is 63.0 Å². The molecule has 2 amide bonds. The summed E-state index contributed by atoms with van der Waals surface area (Å²) in [4.78, 5) is 49.9. The number of fused-ring (bicyclic) bond motifs is 1. The summed E-state index contributed by atoms with van der Waals surface area (Å²) < 4.78 is 17.2. The summed E-state index contributed by atoms with van der Waals surface area (Å²) in [5.41, 5.74) is 2.65. The van der Waals surface area contributed by atoms with Gasteiger partial charge in [0.15, 0.2) is 0 Å². The zero-order valence-electron chi connectivity index (χ0n) is 24.6. The van der Waals surface area contributed by atoms with Crippen LogP contribution >= 0.6 is 0 Å². The predicted octanol–water partition coefficient (Wildman–Crippen LogP) is 3.99. The number of aryl methyl sites for hydroxylation is 1. The van der Waals surface area contributed by atoms with Gasteiger partial charge in [0.25, 0.3) is 11.5 Å². The number of nitrogens with zero attached hydrogens (tertiary/aromatic N) is 5. The van der Waals surface area contributed by atoms with Crippen LogP contribution in [0.15, 0.2) is 77.7 Å². The van der Waals surface area contributed by atoms with Crippen molar-refractivity contribution in [3.8, 4) is 17.1 Å². The number of carbonyl (C=O) groups excluding carboxylic acids is 2. The second-order valence-corrected chi connectivity index (χ2v) is 10.5. The van der Waals surface area contributed by atoms with Crippen LogP contribution in [0.5, 0.6) is 0 Å². The SMILES string of the molecule is CNC(C)C(=O)Nc1ccc(-c2cccc(C(=O)N(C)C)c2)n(Cc2cc(-n3ccc4cc(F)ccc43)nc(C)n2)c1=O. The molecule has 0 aliphatic carbocycles. The average molecular weight is 582 g/mol. The minimum absolute atomic E-state index is 0.0511. The van der Waals surface area contributed by atoms with Crippen LogP contribution < -0.4 is 16.2 Å². The number of hydrogen-bond acceptors (Lipinski definition) is 6. The molecular weight excluding hydrogens is 549 g/mol. The third-order valence-electron chi connectivity index (χ3n) is 7.17. The Hall–Kier alpha value is -5.16. The monoisotopic (exact) mass is 581 g/mol. The van der Waals surface area contributed by atoms with Crippen LogP contribution in [0.4, 0.5) is 10.1 Å². The van der Waals surface area contributed by atoms with Crippen molar-refractivity contribution in [3.05, 3.63) is 106 Å². The Morgan fingerprint density at radius 2 is 1.81 bits per heavy atom. The second kappa shape index (κ2) is 12.0. The molecule has 3 heterocycles. The number of aromatic nitrogens is 4. The van der Waals surface area contributed by atoms with E-state index in [2.05, 4.69) is 20.6 Å². The van der Waals surface area contributed by atoms with E-state index in [0.717, 1.165) is 10.9 Å². The fourth-order valence-electron chi connectivity index (χ4n) is 4.82. The lowest BCUT2D eigenvalue weighted by Crippen LogP contribution is -2.37. The highest BCUT2D eigenvalue weighted by Crippen LogP contribution is 2.24. The van der Waals surface area contributed by atoms with Gasteiger partial charge in [0, 0.05) is 37.3 Å². The maximum Gasteiger partial charge on any atom is 0.275 e. The second-order valence-electron chi connectivity index (χ2n) is 10.5. The first kappa shape index (κ1) is 29.3. The molecule has 10 nitrogen and oxygen atoms in total. The Kier molecular flexibility index (Phi) is 8.18. The number of anilines is 1. The number of pyridine rings is 1. The van der Waals surface area contributed by atoms with E-state index in [9.17, 15) is 18.8 Å². The lowest BCUT2D eigenvalue weighted by atomic mass is 10.1. The van der Waals surface area contributed by atoms with Crippen molar-refractivity contribution in [3.63, 3.8) is 0 Å². The summed E-state index contributed by atoms with van der Waals surface area (Å²) in [6.45, 7) is 3.50. The van der Waals surface area contributed by atoms with E-state index in [1.54, 1.807) is 89.7 Å². The van der Waals surface area contributed by atoms with Crippen LogP contribution in [-0.2, 0) is 11.3 Å². The molecule has 5 aromatic rings. The molecule has 0 aliphatic rings. The van der Waals surface area contributed by atoms with Crippen molar-refractivity contribution in [2.45, 2.75) is 26.4 Å². The van der Waals surface area contributed by atoms with Gasteiger partial charge >= 0.3 is 0 Å². The van der Waals surface area contributed by atoms with Gasteiger partial charge in [-0.25, -0.2) is 14.4 Å². The van der Waals surface area contributed by atoms with Gasteiger partial charge in [0.05, 0.1) is 29.5 Å². The van der Waals surface area contributed by atoms with E-state index in [1.165, 1.54) is 21.6 Å². The predicted molar refractivity (Wildman–Crippen MR) is 164 cm³/mol. The standard InChI is InChI=1S/C32H32FN7O3/c1-19(34-3)30(41)37-26-10-12-28(21-7-6-8-23(15-21)31(42)38(4)5)40(32(26)43)18-25-17-29(36-20(2)35-25)39-14-13-22-16-24(33)9-11-27(22)39/h6-17,19,34H,18H2,1-5H3,(H,37,41). The summed E-state index contributed by atoms with van der Waals surface area (Å²) >= 11 is 0. The fourth-order valence-corrected chi connectivity index (χ4v) is 4.82. The molecule has 43 heavy (non-hydrogen) atoms. The van der Waals surface area contributed by atoms with Gasteiger partial charge in [-0.3, -0.25) is 14.4 Å². The number of amides is 2. The van der Waals surface area contributed by atoms with E-state index in [-0.39, 0.29) is 29.9 Å². The molecule has 0 saturated carbocycles. The molecule has 0 fully saturated rings. The van der Waals surface area contributed by atoms with Crippen LogP contribution in [0.2, 0.25) is 0 Å². The summed E-state index contributed by atoms with van der Waals surface area (Å²) in [5.74, 6) is 0.190. The average Bonchev–Trinajstić information content (AvgIpc) is 3.41. The molecular formula is C32H32FN7O3. The minimum atomic E-state index is -0.516. The highest BCUT2D eigenvalue weighted by atomic mass is 19.1. The summed E-state index contributed by atoms with van der Waals surface area (Å²) in [6, 6.07) is 17.9. The van der Waals surface area contributed by atoms with Gasteiger partial charge in [-0.05, 0) is 75.0 Å². The van der Waals surface area contributed by atoms with E-state index in [4.69, 9.17) is 0 Å². The number of nitrogens with one attached hydrogen (secondary N) is 2. The van der Waals surface area contributed by atoms with E-state index >= 15 is 0 Å². The van der Waals surface area contributed by atoms with Crippen molar-refractivity contribution < 1.29 is 14.0 Å².